The molecule has 5 heteroatoms. The zero-order valence-corrected chi connectivity index (χ0v) is 14.7. The van der Waals surface area contributed by atoms with Crippen LogP contribution in [0.3, 0.4) is 0 Å². The van der Waals surface area contributed by atoms with Crippen molar-refractivity contribution in [3.8, 4) is 0 Å². The summed E-state index contributed by atoms with van der Waals surface area (Å²) in [5.74, 6) is 3.24. The summed E-state index contributed by atoms with van der Waals surface area (Å²) in [5.41, 5.74) is 6.47. The Hall–Kier alpha value is -0.420. The van der Waals surface area contributed by atoms with Crippen LogP contribution in [0.2, 0.25) is 0 Å². The van der Waals surface area contributed by atoms with Gasteiger partial charge in [0.2, 0.25) is 0 Å². The molecule has 0 radical (unpaired) electrons. The van der Waals surface area contributed by atoms with Gasteiger partial charge in [-0.05, 0) is 25.7 Å². The average molecular weight is 325 g/mol. The lowest BCUT2D eigenvalue weighted by molar-refractivity contribution is 0.0672. The summed E-state index contributed by atoms with van der Waals surface area (Å²) in [7, 11) is 0. The van der Waals surface area contributed by atoms with Crippen LogP contribution in [0, 0.1) is 0 Å². The Morgan fingerprint density at radius 3 is 2.45 bits per heavy atom. The standard InChI is InChI=1S/C17H32N4S/c18-16(20-15-6-2-3-7-15)19-14-17(8-4-1-5-9-17)21-10-12-22-13-11-21/h15H,1-14H2,(H3,18,19,20). The largest absolute Gasteiger partial charge is 0.370 e. The fourth-order valence-electron chi connectivity index (χ4n) is 4.38. The maximum absolute atomic E-state index is 6.18. The van der Waals surface area contributed by atoms with Gasteiger partial charge in [0.05, 0.1) is 6.54 Å². The summed E-state index contributed by atoms with van der Waals surface area (Å²) in [6.07, 6.45) is 11.9. The van der Waals surface area contributed by atoms with Crippen molar-refractivity contribution in [1.29, 1.82) is 0 Å². The van der Waals surface area contributed by atoms with Crippen molar-refractivity contribution in [3.05, 3.63) is 0 Å². The van der Waals surface area contributed by atoms with E-state index in [1.807, 2.05) is 0 Å². The van der Waals surface area contributed by atoms with E-state index in [0.717, 1.165) is 6.54 Å². The van der Waals surface area contributed by atoms with E-state index in [2.05, 4.69) is 22.0 Å². The number of nitrogens with zero attached hydrogens (tertiary/aromatic N) is 2. The Bertz CT molecular complexity index is 367. The van der Waals surface area contributed by atoms with Crippen molar-refractivity contribution in [3.63, 3.8) is 0 Å². The predicted molar refractivity (Wildman–Crippen MR) is 96.6 cm³/mol. The molecule has 4 nitrogen and oxygen atoms in total. The van der Waals surface area contributed by atoms with Crippen LogP contribution in [0.5, 0.6) is 0 Å². The molecule has 0 bridgehead atoms. The van der Waals surface area contributed by atoms with Crippen LogP contribution in [0.1, 0.15) is 57.8 Å². The van der Waals surface area contributed by atoms with Crippen LogP contribution in [-0.2, 0) is 0 Å². The van der Waals surface area contributed by atoms with Gasteiger partial charge in [-0.1, -0.05) is 32.1 Å². The zero-order valence-electron chi connectivity index (χ0n) is 13.9. The van der Waals surface area contributed by atoms with E-state index in [0.29, 0.717) is 17.5 Å². The van der Waals surface area contributed by atoms with Crippen LogP contribution in [-0.4, -0.2) is 53.6 Å². The van der Waals surface area contributed by atoms with E-state index < -0.39 is 0 Å². The van der Waals surface area contributed by atoms with Gasteiger partial charge in [-0.3, -0.25) is 9.89 Å². The van der Waals surface area contributed by atoms with E-state index in [9.17, 15) is 0 Å². The van der Waals surface area contributed by atoms with Crippen molar-refractivity contribution < 1.29 is 0 Å². The Labute approximate surface area is 139 Å². The molecule has 1 aliphatic heterocycles. The van der Waals surface area contributed by atoms with Crippen LogP contribution in [0.4, 0.5) is 0 Å². The summed E-state index contributed by atoms with van der Waals surface area (Å²) in [4.78, 5) is 7.52. The Morgan fingerprint density at radius 2 is 1.77 bits per heavy atom. The Kier molecular flexibility index (Phi) is 5.91. The molecule has 1 saturated heterocycles. The minimum atomic E-state index is 0.293. The molecule has 0 amide bonds. The summed E-state index contributed by atoms with van der Waals surface area (Å²) in [5, 5.41) is 3.44. The Balaban J connectivity index is 1.61. The van der Waals surface area contributed by atoms with Crippen molar-refractivity contribution in [2.75, 3.05) is 31.1 Å². The predicted octanol–water partition coefficient (Wildman–Crippen LogP) is 2.58. The van der Waals surface area contributed by atoms with Gasteiger partial charge in [0.15, 0.2) is 5.96 Å². The van der Waals surface area contributed by atoms with Crippen LogP contribution >= 0.6 is 11.8 Å². The third-order valence-electron chi connectivity index (χ3n) is 5.72. The number of hydrogen-bond acceptors (Lipinski definition) is 3. The Morgan fingerprint density at radius 1 is 1.09 bits per heavy atom. The maximum Gasteiger partial charge on any atom is 0.188 e. The smallest absolute Gasteiger partial charge is 0.188 e. The second-order valence-electron chi connectivity index (χ2n) is 7.21. The number of thioether (sulfide) groups is 1. The second-order valence-corrected chi connectivity index (χ2v) is 8.44. The fourth-order valence-corrected chi connectivity index (χ4v) is 5.28. The molecule has 0 atom stereocenters. The molecular weight excluding hydrogens is 292 g/mol. The van der Waals surface area contributed by atoms with E-state index in [-0.39, 0.29) is 0 Å². The third kappa shape index (κ3) is 4.10. The number of nitrogens with one attached hydrogen (secondary N) is 1. The first-order chi connectivity index (χ1) is 10.8. The molecule has 126 valence electrons. The zero-order chi connectivity index (χ0) is 15.3. The van der Waals surface area contributed by atoms with Crippen LogP contribution < -0.4 is 11.1 Å². The van der Waals surface area contributed by atoms with Crippen molar-refractivity contribution in [2.24, 2.45) is 10.7 Å². The average Bonchev–Trinajstić information content (AvgIpc) is 3.08. The highest BCUT2D eigenvalue weighted by Crippen LogP contribution is 2.35. The summed E-state index contributed by atoms with van der Waals surface area (Å²) in [6, 6.07) is 0.567. The number of aliphatic imine (C=N–C) groups is 1. The van der Waals surface area contributed by atoms with E-state index >= 15 is 0 Å². The molecule has 0 aromatic carbocycles. The minimum Gasteiger partial charge on any atom is -0.370 e. The van der Waals surface area contributed by atoms with Crippen molar-refractivity contribution in [2.45, 2.75) is 69.4 Å². The molecule has 0 spiro atoms. The lowest BCUT2D eigenvalue weighted by Crippen LogP contribution is -2.55. The van der Waals surface area contributed by atoms with Gasteiger partial charge >= 0.3 is 0 Å². The highest BCUT2D eigenvalue weighted by Gasteiger charge is 2.38. The molecule has 2 aliphatic carbocycles. The molecule has 3 fully saturated rings. The number of rotatable bonds is 4. The lowest BCUT2D eigenvalue weighted by Gasteiger charge is -2.47. The SMILES string of the molecule is NC(=NCC1(N2CCSCC2)CCCCC1)NC1CCCC1. The van der Waals surface area contributed by atoms with Gasteiger partial charge in [0.1, 0.15) is 0 Å². The van der Waals surface area contributed by atoms with Gasteiger partial charge in [-0.25, -0.2) is 0 Å². The monoisotopic (exact) mass is 324 g/mol. The molecular formula is C17H32N4S. The first kappa shape index (κ1) is 16.4. The quantitative estimate of drug-likeness (QED) is 0.616. The van der Waals surface area contributed by atoms with Crippen molar-refractivity contribution in [1.82, 2.24) is 10.2 Å². The summed E-state index contributed by atoms with van der Waals surface area (Å²) >= 11 is 2.09. The summed E-state index contributed by atoms with van der Waals surface area (Å²) < 4.78 is 0. The fraction of sp³-hybridized carbons (Fsp3) is 0.941. The highest BCUT2D eigenvalue weighted by atomic mass is 32.2. The minimum absolute atomic E-state index is 0.293. The van der Waals surface area contributed by atoms with Gasteiger partial charge in [0.25, 0.3) is 0 Å². The van der Waals surface area contributed by atoms with Gasteiger partial charge in [-0.15, -0.1) is 0 Å². The topological polar surface area (TPSA) is 53.6 Å². The summed E-state index contributed by atoms with van der Waals surface area (Å²) in [6.45, 7) is 3.36. The van der Waals surface area contributed by atoms with Gasteiger partial charge in [-0.2, -0.15) is 11.8 Å². The molecule has 1 heterocycles. The van der Waals surface area contributed by atoms with Gasteiger partial charge in [0, 0.05) is 36.2 Å². The van der Waals surface area contributed by atoms with E-state index in [1.54, 1.807) is 0 Å². The van der Waals surface area contributed by atoms with Crippen LogP contribution in [0.15, 0.2) is 4.99 Å². The van der Waals surface area contributed by atoms with Gasteiger partial charge < -0.3 is 11.1 Å². The van der Waals surface area contributed by atoms with Crippen LogP contribution in [0.25, 0.3) is 0 Å². The highest BCUT2D eigenvalue weighted by molar-refractivity contribution is 7.99. The molecule has 3 aliphatic rings. The normalized spacial score (nSPS) is 27.9. The maximum atomic E-state index is 6.18. The molecule has 0 aromatic rings. The molecule has 3 N–H and O–H groups in total. The number of nitrogens with two attached hydrogens (primary N) is 1. The van der Waals surface area contributed by atoms with Crippen molar-refractivity contribution >= 4 is 17.7 Å². The number of hydrogen-bond donors (Lipinski definition) is 2. The molecule has 0 unspecified atom stereocenters. The lowest BCUT2D eigenvalue weighted by atomic mass is 9.80. The molecule has 0 aromatic heterocycles. The molecule has 2 saturated carbocycles. The third-order valence-corrected chi connectivity index (χ3v) is 6.66. The first-order valence-electron chi connectivity index (χ1n) is 9.18. The molecule has 3 rings (SSSR count). The van der Waals surface area contributed by atoms with E-state index in [4.69, 9.17) is 10.7 Å². The number of guanidine groups is 1. The van der Waals surface area contributed by atoms with E-state index in [1.165, 1.54) is 82.4 Å². The first-order valence-corrected chi connectivity index (χ1v) is 10.3. The second kappa shape index (κ2) is 7.91. The molecule has 22 heavy (non-hydrogen) atoms.